The molecule has 3 heterocycles. The summed E-state index contributed by atoms with van der Waals surface area (Å²) in [5.74, 6) is 2.48. The van der Waals surface area contributed by atoms with Crippen LogP contribution in [-0.2, 0) is 4.74 Å². The molecule has 2 N–H and O–H groups in total. The van der Waals surface area contributed by atoms with Crippen molar-refractivity contribution in [2.45, 2.75) is 38.1 Å². The number of aliphatic imine (C=N–C) groups is 1. The van der Waals surface area contributed by atoms with Gasteiger partial charge in [0.2, 0.25) is 0 Å². The molecule has 6 nitrogen and oxygen atoms in total. The van der Waals surface area contributed by atoms with Crippen LogP contribution >= 0.6 is 24.0 Å². The summed E-state index contributed by atoms with van der Waals surface area (Å²) < 4.78 is 5.50. The van der Waals surface area contributed by atoms with Crippen LogP contribution < -0.4 is 10.6 Å². The van der Waals surface area contributed by atoms with Gasteiger partial charge in [-0.1, -0.05) is 0 Å². The van der Waals surface area contributed by atoms with Crippen molar-refractivity contribution >= 4 is 29.9 Å². The molecule has 0 bridgehead atoms. The highest BCUT2D eigenvalue weighted by Gasteiger charge is 2.24. The molecule has 7 heteroatoms. The predicted octanol–water partition coefficient (Wildman–Crippen LogP) is 1.61. The third-order valence-electron chi connectivity index (χ3n) is 5.97. The maximum atomic E-state index is 5.50. The van der Waals surface area contributed by atoms with Crippen LogP contribution in [0.3, 0.4) is 0 Å². The lowest BCUT2D eigenvalue weighted by molar-refractivity contribution is 0.150. The summed E-state index contributed by atoms with van der Waals surface area (Å²) in [6, 6.07) is 0.552. The van der Waals surface area contributed by atoms with E-state index in [9.17, 15) is 0 Å². The van der Waals surface area contributed by atoms with E-state index in [2.05, 4.69) is 32.5 Å². The number of guanidine groups is 1. The van der Waals surface area contributed by atoms with Gasteiger partial charge in [-0.3, -0.25) is 4.99 Å². The average molecular weight is 479 g/mol. The Morgan fingerprint density at radius 2 is 1.92 bits per heavy atom. The van der Waals surface area contributed by atoms with Gasteiger partial charge < -0.3 is 25.2 Å². The Kier molecular flexibility index (Phi) is 9.94. The number of hydrogen-bond donors (Lipinski definition) is 2. The molecular formula is C19H38IN5O. The van der Waals surface area contributed by atoms with E-state index in [1.807, 2.05) is 7.05 Å². The Labute approximate surface area is 176 Å². The lowest BCUT2D eigenvalue weighted by atomic mass is 9.98. The van der Waals surface area contributed by atoms with Gasteiger partial charge in [-0.05, 0) is 57.5 Å². The summed E-state index contributed by atoms with van der Waals surface area (Å²) in [4.78, 5) is 9.50. The molecule has 0 amide bonds. The third kappa shape index (κ3) is 7.13. The highest BCUT2D eigenvalue weighted by atomic mass is 127. The van der Waals surface area contributed by atoms with Gasteiger partial charge in [0.15, 0.2) is 5.96 Å². The van der Waals surface area contributed by atoms with Crippen LogP contribution in [0.1, 0.15) is 32.1 Å². The van der Waals surface area contributed by atoms with Crippen LogP contribution in [0.2, 0.25) is 0 Å². The molecule has 3 aliphatic heterocycles. The molecule has 3 aliphatic rings. The number of halogens is 1. The van der Waals surface area contributed by atoms with Crippen molar-refractivity contribution in [3.8, 4) is 0 Å². The first-order chi connectivity index (χ1) is 12.2. The number of nitrogens with one attached hydrogen (secondary N) is 2. The van der Waals surface area contributed by atoms with Crippen molar-refractivity contribution in [3.05, 3.63) is 0 Å². The number of nitrogens with zero attached hydrogens (tertiary/aromatic N) is 3. The summed E-state index contributed by atoms with van der Waals surface area (Å²) in [7, 11) is 4.11. The van der Waals surface area contributed by atoms with E-state index in [0.29, 0.717) is 6.04 Å². The molecule has 0 aliphatic carbocycles. The van der Waals surface area contributed by atoms with Crippen molar-refractivity contribution in [3.63, 3.8) is 0 Å². The molecule has 0 aromatic heterocycles. The van der Waals surface area contributed by atoms with Crippen LogP contribution in [0.25, 0.3) is 0 Å². The fourth-order valence-corrected chi connectivity index (χ4v) is 4.42. The number of hydrogen-bond acceptors (Lipinski definition) is 4. The standard InChI is InChI=1S/C19H37N5O.HI/c1-20-19(21-12-16-4-3-8-23(2)13-16)22-18-5-9-24(10-6-18)14-17-7-11-25-15-17;/h16-18H,3-15H2,1-2H3,(H2,20,21,22);1H. The Hall–Kier alpha value is -0.120. The summed E-state index contributed by atoms with van der Waals surface area (Å²) in [5.41, 5.74) is 0. The van der Waals surface area contributed by atoms with Gasteiger partial charge >= 0.3 is 0 Å². The Morgan fingerprint density at radius 3 is 2.58 bits per heavy atom. The van der Waals surface area contributed by atoms with E-state index in [0.717, 1.165) is 37.6 Å². The molecule has 26 heavy (non-hydrogen) atoms. The lowest BCUT2D eigenvalue weighted by Crippen LogP contribution is -2.50. The number of rotatable bonds is 5. The first-order valence-electron chi connectivity index (χ1n) is 10.2. The molecule has 3 fully saturated rings. The zero-order valence-electron chi connectivity index (χ0n) is 16.6. The number of ether oxygens (including phenoxy) is 1. The Bertz CT molecular complexity index is 422. The minimum absolute atomic E-state index is 0. The Morgan fingerprint density at radius 1 is 1.12 bits per heavy atom. The van der Waals surface area contributed by atoms with Gasteiger partial charge in [0.05, 0.1) is 6.61 Å². The molecule has 2 unspecified atom stereocenters. The third-order valence-corrected chi connectivity index (χ3v) is 5.97. The maximum absolute atomic E-state index is 5.50. The Balaban J connectivity index is 0.00000243. The van der Waals surface area contributed by atoms with Gasteiger partial charge in [-0.15, -0.1) is 24.0 Å². The maximum Gasteiger partial charge on any atom is 0.191 e. The molecule has 0 aromatic rings. The zero-order chi connectivity index (χ0) is 17.5. The smallest absolute Gasteiger partial charge is 0.191 e. The summed E-state index contributed by atoms with van der Waals surface area (Å²) in [5, 5.41) is 7.20. The van der Waals surface area contributed by atoms with Crippen LogP contribution in [0.5, 0.6) is 0 Å². The van der Waals surface area contributed by atoms with Crippen molar-refractivity contribution < 1.29 is 4.74 Å². The van der Waals surface area contributed by atoms with E-state index in [4.69, 9.17) is 4.74 Å². The molecule has 3 rings (SSSR count). The van der Waals surface area contributed by atoms with E-state index in [1.54, 1.807) is 0 Å². The fraction of sp³-hybridized carbons (Fsp3) is 0.947. The second kappa shape index (κ2) is 11.7. The van der Waals surface area contributed by atoms with E-state index < -0.39 is 0 Å². The first kappa shape index (κ1) is 22.2. The normalized spacial score (nSPS) is 29.4. The molecule has 3 saturated heterocycles. The monoisotopic (exact) mass is 479 g/mol. The fourth-order valence-electron chi connectivity index (χ4n) is 4.42. The first-order valence-corrected chi connectivity index (χ1v) is 10.2. The molecule has 0 spiro atoms. The highest BCUT2D eigenvalue weighted by Crippen LogP contribution is 2.18. The molecule has 0 radical (unpaired) electrons. The van der Waals surface area contributed by atoms with Crippen molar-refractivity contribution in [2.24, 2.45) is 16.8 Å². The van der Waals surface area contributed by atoms with Crippen LogP contribution in [0.4, 0.5) is 0 Å². The summed E-state index contributed by atoms with van der Waals surface area (Å²) in [6.07, 6.45) is 6.31. The van der Waals surface area contributed by atoms with E-state index in [-0.39, 0.29) is 24.0 Å². The van der Waals surface area contributed by atoms with Crippen molar-refractivity contribution in [1.82, 2.24) is 20.4 Å². The second-order valence-corrected chi connectivity index (χ2v) is 8.17. The minimum atomic E-state index is 0. The van der Waals surface area contributed by atoms with Crippen molar-refractivity contribution in [1.29, 1.82) is 0 Å². The molecule has 2 atom stereocenters. The second-order valence-electron chi connectivity index (χ2n) is 8.17. The highest BCUT2D eigenvalue weighted by molar-refractivity contribution is 14.0. The SMILES string of the molecule is CN=C(NCC1CCCN(C)C1)NC1CCN(CC2CCOC2)CC1.I. The average Bonchev–Trinajstić information content (AvgIpc) is 3.13. The van der Waals surface area contributed by atoms with Crippen LogP contribution in [-0.4, -0.2) is 88.4 Å². The van der Waals surface area contributed by atoms with E-state index >= 15 is 0 Å². The zero-order valence-corrected chi connectivity index (χ0v) is 18.9. The predicted molar refractivity (Wildman–Crippen MR) is 119 cm³/mol. The quantitative estimate of drug-likeness (QED) is 0.357. The van der Waals surface area contributed by atoms with Crippen LogP contribution in [0.15, 0.2) is 4.99 Å². The van der Waals surface area contributed by atoms with Gasteiger partial charge in [0.25, 0.3) is 0 Å². The van der Waals surface area contributed by atoms with Gasteiger partial charge in [-0.2, -0.15) is 0 Å². The number of likely N-dealkylation sites (tertiary alicyclic amines) is 2. The summed E-state index contributed by atoms with van der Waals surface area (Å²) in [6.45, 7) is 9.01. The van der Waals surface area contributed by atoms with Gasteiger partial charge in [0.1, 0.15) is 0 Å². The largest absolute Gasteiger partial charge is 0.381 e. The lowest BCUT2D eigenvalue weighted by Gasteiger charge is -2.34. The van der Waals surface area contributed by atoms with Gasteiger partial charge in [0, 0.05) is 52.4 Å². The van der Waals surface area contributed by atoms with Gasteiger partial charge in [-0.25, -0.2) is 0 Å². The van der Waals surface area contributed by atoms with E-state index in [1.165, 1.54) is 64.8 Å². The topological polar surface area (TPSA) is 52.1 Å². The molecular weight excluding hydrogens is 441 g/mol. The number of piperidine rings is 2. The summed E-state index contributed by atoms with van der Waals surface area (Å²) >= 11 is 0. The molecule has 152 valence electrons. The van der Waals surface area contributed by atoms with Crippen molar-refractivity contribution in [2.75, 3.05) is 66.6 Å². The molecule has 0 aromatic carbocycles. The minimum Gasteiger partial charge on any atom is -0.381 e. The molecule has 0 saturated carbocycles. The van der Waals surface area contributed by atoms with Crippen LogP contribution in [0, 0.1) is 11.8 Å².